The van der Waals surface area contributed by atoms with Crippen LogP contribution < -0.4 is 0 Å². The van der Waals surface area contributed by atoms with Crippen molar-refractivity contribution in [1.29, 1.82) is 0 Å². The molecule has 0 aromatic heterocycles. The molecule has 0 radical (unpaired) electrons. The van der Waals surface area contributed by atoms with E-state index in [4.69, 9.17) is 0 Å². The molecule has 0 heterocycles. The molecule has 0 aliphatic carbocycles. The van der Waals surface area contributed by atoms with E-state index < -0.39 is 0 Å². The van der Waals surface area contributed by atoms with Crippen molar-refractivity contribution in [2.75, 3.05) is 0 Å². The standard InChI is InChI=1S/C7H15BrO/c1-4-6(8)7(9)5(2)3/h5-7,9H,4H2,1-3H3. The van der Waals surface area contributed by atoms with Crippen LogP contribution in [0, 0.1) is 5.92 Å². The van der Waals surface area contributed by atoms with Crippen LogP contribution in [-0.4, -0.2) is 16.0 Å². The van der Waals surface area contributed by atoms with Gasteiger partial charge in [-0.05, 0) is 12.3 Å². The average Bonchev–Trinajstić information content (AvgIpc) is 1.84. The lowest BCUT2D eigenvalue weighted by Gasteiger charge is -2.18. The van der Waals surface area contributed by atoms with Crippen molar-refractivity contribution in [2.24, 2.45) is 5.92 Å². The zero-order valence-electron chi connectivity index (χ0n) is 6.26. The van der Waals surface area contributed by atoms with E-state index in [0.717, 1.165) is 6.42 Å². The van der Waals surface area contributed by atoms with Gasteiger partial charge in [-0.15, -0.1) is 0 Å². The van der Waals surface area contributed by atoms with Gasteiger partial charge in [0.15, 0.2) is 0 Å². The molecule has 0 bridgehead atoms. The largest absolute Gasteiger partial charge is 0.392 e. The molecule has 0 spiro atoms. The summed E-state index contributed by atoms with van der Waals surface area (Å²) in [5.74, 6) is 0.356. The van der Waals surface area contributed by atoms with Gasteiger partial charge in [0.05, 0.1) is 6.10 Å². The summed E-state index contributed by atoms with van der Waals surface area (Å²) < 4.78 is 0. The summed E-state index contributed by atoms with van der Waals surface area (Å²) in [6, 6.07) is 0. The number of alkyl halides is 1. The van der Waals surface area contributed by atoms with Gasteiger partial charge in [-0.3, -0.25) is 0 Å². The van der Waals surface area contributed by atoms with Crippen LogP contribution in [0.3, 0.4) is 0 Å². The third kappa shape index (κ3) is 3.21. The quantitative estimate of drug-likeness (QED) is 0.684. The Labute approximate surface area is 65.6 Å². The van der Waals surface area contributed by atoms with Crippen LogP contribution in [-0.2, 0) is 0 Å². The molecule has 0 saturated heterocycles. The Balaban J connectivity index is 3.58. The Morgan fingerprint density at radius 2 is 1.89 bits per heavy atom. The Bertz CT molecular complexity index is 73.3. The van der Waals surface area contributed by atoms with E-state index in [1.807, 2.05) is 13.8 Å². The Kier molecular flexibility index (Phi) is 4.50. The molecule has 2 atom stereocenters. The van der Waals surface area contributed by atoms with Gasteiger partial charge < -0.3 is 5.11 Å². The first kappa shape index (κ1) is 9.44. The molecular formula is C7H15BrO. The lowest BCUT2D eigenvalue weighted by molar-refractivity contribution is 0.123. The van der Waals surface area contributed by atoms with Crippen LogP contribution in [0.1, 0.15) is 27.2 Å². The maximum atomic E-state index is 9.35. The molecule has 1 N–H and O–H groups in total. The van der Waals surface area contributed by atoms with Crippen LogP contribution in [0.2, 0.25) is 0 Å². The molecule has 0 aliphatic rings. The van der Waals surface area contributed by atoms with Gasteiger partial charge in [-0.25, -0.2) is 0 Å². The smallest absolute Gasteiger partial charge is 0.0687 e. The molecule has 56 valence electrons. The van der Waals surface area contributed by atoms with Gasteiger partial charge in [-0.2, -0.15) is 0 Å². The monoisotopic (exact) mass is 194 g/mol. The minimum absolute atomic E-state index is 0.199. The van der Waals surface area contributed by atoms with Gasteiger partial charge in [0.2, 0.25) is 0 Å². The number of aliphatic hydroxyl groups excluding tert-OH is 1. The topological polar surface area (TPSA) is 20.2 Å². The van der Waals surface area contributed by atoms with Gasteiger partial charge in [0.25, 0.3) is 0 Å². The van der Waals surface area contributed by atoms with E-state index in [1.165, 1.54) is 0 Å². The van der Waals surface area contributed by atoms with E-state index in [9.17, 15) is 5.11 Å². The lowest BCUT2D eigenvalue weighted by Crippen LogP contribution is -2.25. The Morgan fingerprint density at radius 3 is 2.00 bits per heavy atom. The van der Waals surface area contributed by atoms with Crippen molar-refractivity contribution < 1.29 is 5.11 Å². The number of hydrogen-bond acceptors (Lipinski definition) is 1. The van der Waals surface area contributed by atoms with Gasteiger partial charge in [0.1, 0.15) is 0 Å². The SMILES string of the molecule is CCC(Br)C(O)C(C)C. The molecule has 2 heteroatoms. The number of aliphatic hydroxyl groups is 1. The number of rotatable bonds is 3. The third-order valence-corrected chi connectivity index (χ3v) is 2.63. The second-order valence-corrected chi connectivity index (χ2v) is 3.83. The maximum Gasteiger partial charge on any atom is 0.0687 e. The normalized spacial score (nSPS) is 18.0. The van der Waals surface area contributed by atoms with Crippen molar-refractivity contribution in [3.8, 4) is 0 Å². The minimum atomic E-state index is -0.199. The van der Waals surface area contributed by atoms with Crippen LogP contribution in [0.5, 0.6) is 0 Å². The average molecular weight is 195 g/mol. The maximum absolute atomic E-state index is 9.35. The summed E-state index contributed by atoms with van der Waals surface area (Å²) in [4.78, 5) is 0.262. The van der Waals surface area contributed by atoms with E-state index >= 15 is 0 Å². The number of hydrogen-bond donors (Lipinski definition) is 1. The van der Waals surface area contributed by atoms with Crippen molar-refractivity contribution in [2.45, 2.75) is 38.1 Å². The van der Waals surface area contributed by atoms with E-state index in [0.29, 0.717) is 5.92 Å². The minimum Gasteiger partial charge on any atom is -0.392 e. The first-order valence-electron chi connectivity index (χ1n) is 3.41. The van der Waals surface area contributed by atoms with Crippen molar-refractivity contribution in [1.82, 2.24) is 0 Å². The third-order valence-electron chi connectivity index (χ3n) is 1.44. The molecule has 0 aromatic carbocycles. The number of halogens is 1. The predicted molar refractivity (Wildman–Crippen MR) is 43.9 cm³/mol. The summed E-state index contributed by atoms with van der Waals surface area (Å²) in [7, 11) is 0. The fourth-order valence-corrected chi connectivity index (χ4v) is 1.27. The molecule has 1 nitrogen and oxygen atoms in total. The summed E-state index contributed by atoms with van der Waals surface area (Å²) in [5.41, 5.74) is 0. The Hall–Kier alpha value is 0.440. The van der Waals surface area contributed by atoms with Crippen LogP contribution in [0.25, 0.3) is 0 Å². The summed E-state index contributed by atoms with van der Waals surface area (Å²) in [5, 5.41) is 9.35. The highest BCUT2D eigenvalue weighted by Crippen LogP contribution is 2.16. The van der Waals surface area contributed by atoms with Gasteiger partial charge in [0, 0.05) is 4.83 Å². The van der Waals surface area contributed by atoms with Crippen molar-refractivity contribution >= 4 is 15.9 Å². The van der Waals surface area contributed by atoms with Gasteiger partial charge in [-0.1, -0.05) is 36.7 Å². The fourth-order valence-electron chi connectivity index (χ4n) is 0.659. The predicted octanol–water partition coefficient (Wildman–Crippen LogP) is 2.18. The van der Waals surface area contributed by atoms with Crippen LogP contribution in [0.15, 0.2) is 0 Å². The first-order chi connectivity index (χ1) is 4.09. The molecule has 9 heavy (non-hydrogen) atoms. The second kappa shape index (κ2) is 4.29. The molecule has 0 rings (SSSR count). The molecule has 0 fully saturated rings. The second-order valence-electron chi connectivity index (χ2n) is 2.66. The summed E-state index contributed by atoms with van der Waals surface area (Å²) in [6.07, 6.45) is 0.786. The molecule has 2 unspecified atom stereocenters. The van der Waals surface area contributed by atoms with E-state index in [2.05, 4.69) is 22.9 Å². The molecule has 0 saturated carbocycles. The zero-order chi connectivity index (χ0) is 7.44. The summed E-state index contributed by atoms with van der Waals surface area (Å²) >= 11 is 3.39. The highest BCUT2D eigenvalue weighted by atomic mass is 79.9. The van der Waals surface area contributed by atoms with E-state index in [1.54, 1.807) is 0 Å². The highest BCUT2D eigenvalue weighted by Gasteiger charge is 2.16. The van der Waals surface area contributed by atoms with Crippen LogP contribution in [0.4, 0.5) is 0 Å². The molecule has 0 aliphatic heterocycles. The fraction of sp³-hybridized carbons (Fsp3) is 1.00. The summed E-state index contributed by atoms with van der Waals surface area (Å²) in [6.45, 7) is 6.11. The molecular weight excluding hydrogens is 180 g/mol. The zero-order valence-corrected chi connectivity index (χ0v) is 7.85. The van der Waals surface area contributed by atoms with E-state index in [-0.39, 0.29) is 10.9 Å². The van der Waals surface area contributed by atoms with Crippen molar-refractivity contribution in [3.05, 3.63) is 0 Å². The van der Waals surface area contributed by atoms with Crippen molar-refractivity contribution in [3.63, 3.8) is 0 Å². The lowest BCUT2D eigenvalue weighted by atomic mass is 10.0. The molecule has 0 amide bonds. The van der Waals surface area contributed by atoms with Gasteiger partial charge >= 0.3 is 0 Å². The molecule has 0 aromatic rings. The van der Waals surface area contributed by atoms with Crippen LogP contribution >= 0.6 is 15.9 Å². The Morgan fingerprint density at radius 1 is 1.44 bits per heavy atom. The first-order valence-corrected chi connectivity index (χ1v) is 4.33. The highest BCUT2D eigenvalue weighted by molar-refractivity contribution is 9.09.